The van der Waals surface area contributed by atoms with E-state index in [1.54, 1.807) is 0 Å². The van der Waals surface area contributed by atoms with E-state index in [9.17, 15) is 9.90 Å². The summed E-state index contributed by atoms with van der Waals surface area (Å²) in [4.78, 5) is 12.0. The van der Waals surface area contributed by atoms with E-state index in [0.717, 1.165) is 12.8 Å². The fourth-order valence-corrected chi connectivity index (χ4v) is 2.55. The number of rotatable bonds is 5. The van der Waals surface area contributed by atoms with Crippen LogP contribution in [0.4, 0.5) is 5.69 Å². The van der Waals surface area contributed by atoms with Crippen molar-refractivity contribution in [2.75, 3.05) is 11.9 Å². The number of anilines is 1. The Morgan fingerprint density at radius 1 is 1.37 bits per heavy atom. The van der Waals surface area contributed by atoms with Crippen LogP contribution in [0.2, 0.25) is 0 Å². The van der Waals surface area contributed by atoms with Crippen molar-refractivity contribution in [3.05, 3.63) is 24.3 Å². The van der Waals surface area contributed by atoms with E-state index < -0.39 is 5.60 Å². The van der Waals surface area contributed by atoms with Gasteiger partial charge in [-0.15, -0.1) is 0 Å². The van der Waals surface area contributed by atoms with Crippen LogP contribution in [0.3, 0.4) is 0 Å². The third kappa shape index (κ3) is 3.70. The Balaban J connectivity index is 1.98. The molecule has 1 aromatic carbocycles. The molecular formula is C15H21NO3. The summed E-state index contributed by atoms with van der Waals surface area (Å²) in [5, 5.41) is 13.0. The number of hydrogen-bond acceptors (Lipinski definition) is 3. The second kappa shape index (κ2) is 6.06. The molecule has 0 bridgehead atoms. The molecule has 104 valence electrons. The summed E-state index contributed by atoms with van der Waals surface area (Å²) in [5.41, 5.74) is -0.152. The predicted molar refractivity (Wildman–Crippen MR) is 74.3 cm³/mol. The molecule has 4 nitrogen and oxygen atoms in total. The van der Waals surface area contributed by atoms with Crippen LogP contribution in [0.25, 0.3) is 0 Å². The second-order valence-corrected chi connectivity index (χ2v) is 5.09. The highest BCUT2D eigenvalue weighted by Crippen LogP contribution is 2.33. The monoisotopic (exact) mass is 263 g/mol. The van der Waals surface area contributed by atoms with Gasteiger partial charge in [-0.25, -0.2) is 0 Å². The number of ether oxygens (including phenoxy) is 1. The fourth-order valence-electron chi connectivity index (χ4n) is 2.55. The summed E-state index contributed by atoms with van der Waals surface area (Å²) >= 11 is 0. The molecule has 1 aliphatic rings. The summed E-state index contributed by atoms with van der Waals surface area (Å²) in [7, 11) is 0. The van der Waals surface area contributed by atoms with Crippen molar-refractivity contribution in [2.24, 2.45) is 0 Å². The van der Waals surface area contributed by atoms with Gasteiger partial charge in [-0.05, 0) is 31.9 Å². The van der Waals surface area contributed by atoms with E-state index in [1.807, 2.05) is 31.2 Å². The predicted octanol–water partition coefficient (Wildman–Crippen LogP) is 2.72. The van der Waals surface area contributed by atoms with Crippen LogP contribution >= 0.6 is 0 Å². The van der Waals surface area contributed by atoms with Crippen LogP contribution in [0, 0.1) is 0 Å². The third-order valence-electron chi connectivity index (χ3n) is 3.48. The van der Waals surface area contributed by atoms with Gasteiger partial charge in [0, 0.05) is 0 Å². The SMILES string of the molecule is CCOc1ccccc1NC(=O)CC1(O)CCCC1. The molecule has 2 N–H and O–H groups in total. The van der Waals surface area contributed by atoms with E-state index in [-0.39, 0.29) is 12.3 Å². The van der Waals surface area contributed by atoms with Crippen molar-refractivity contribution in [1.82, 2.24) is 0 Å². The summed E-state index contributed by atoms with van der Waals surface area (Å²) in [6.07, 6.45) is 3.59. The first-order valence-electron chi connectivity index (χ1n) is 6.87. The molecular weight excluding hydrogens is 242 g/mol. The minimum absolute atomic E-state index is 0.156. The highest BCUT2D eigenvalue weighted by Gasteiger charge is 2.33. The Morgan fingerprint density at radius 3 is 2.74 bits per heavy atom. The van der Waals surface area contributed by atoms with Gasteiger partial charge >= 0.3 is 0 Å². The Hall–Kier alpha value is -1.55. The molecule has 0 aliphatic heterocycles. The van der Waals surface area contributed by atoms with E-state index in [1.165, 1.54) is 0 Å². The number of carbonyl (C=O) groups is 1. The number of aliphatic hydroxyl groups is 1. The van der Waals surface area contributed by atoms with Crippen molar-refractivity contribution < 1.29 is 14.6 Å². The van der Waals surface area contributed by atoms with Gasteiger partial charge in [0.25, 0.3) is 0 Å². The van der Waals surface area contributed by atoms with Gasteiger partial charge in [0.1, 0.15) is 5.75 Å². The minimum Gasteiger partial charge on any atom is -0.492 e. The minimum atomic E-state index is -0.815. The molecule has 2 rings (SSSR count). The second-order valence-electron chi connectivity index (χ2n) is 5.09. The molecule has 1 fully saturated rings. The van der Waals surface area contributed by atoms with Gasteiger partial charge in [-0.2, -0.15) is 0 Å². The zero-order valence-corrected chi connectivity index (χ0v) is 11.3. The normalized spacial score (nSPS) is 17.2. The Labute approximate surface area is 113 Å². The van der Waals surface area contributed by atoms with Crippen LogP contribution in [-0.4, -0.2) is 23.2 Å². The Morgan fingerprint density at radius 2 is 2.05 bits per heavy atom. The molecule has 1 saturated carbocycles. The lowest BCUT2D eigenvalue weighted by molar-refractivity contribution is -0.120. The van der Waals surface area contributed by atoms with Crippen molar-refractivity contribution >= 4 is 11.6 Å². The number of amides is 1. The molecule has 4 heteroatoms. The van der Waals surface area contributed by atoms with E-state index >= 15 is 0 Å². The molecule has 0 heterocycles. The van der Waals surface area contributed by atoms with Crippen molar-refractivity contribution in [2.45, 2.75) is 44.6 Å². The summed E-state index contributed by atoms with van der Waals surface area (Å²) in [6.45, 7) is 2.46. The molecule has 0 spiro atoms. The molecule has 0 saturated heterocycles. The number of hydrogen-bond donors (Lipinski definition) is 2. The van der Waals surface area contributed by atoms with Crippen LogP contribution < -0.4 is 10.1 Å². The highest BCUT2D eigenvalue weighted by molar-refractivity contribution is 5.92. The van der Waals surface area contributed by atoms with Gasteiger partial charge in [0.15, 0.2) is 0 Å². The average molecular weight is 263 g/mol. The lowest BCUT2D eigenvalue weighted by Crippen LogP contribution is -2.30. The van der Waals surface area contributed by atoms with Crippen molar-refractivity contribution in [3.63, 3.8) is 0 Å². The van der Waals surface area contributed by atoms with Gasteiger partial charge < -0.3 is 15.2 Å². The van der Waals surface area contributed by atoms with Crippen LogP contribution in [-0.2, 0) is 4.79 Å². The van der Waals surface area contributed by atoms with Crippen LogP contribution in [0.1, 0.15) is 39.0 Å². The molecule has 0 unspecified atom stereocenters. The maximum Gasteiger partial charge on any atom is 0.227 e. The standard InChI is InChI=1S/C15H21NO3/c1-2-19-13-8-4-3-7-12(13)16-14(17)11-15(18)9-5-6-10-15/h3-4,7-8,18H,2,5-6,9-11H2,1H3,(H,16,17). The molecule has 1 aromatic rings. The van der Waals surface area contributed by atoms with Gasteiger partial charge in [-0.3, -0.25) is 4.79 Å². The first-order valence-corrected chi connectivity index (χ1v) is 6.87. The summed E-state index contributed by atoms with van der Waals surface area (Å²) < 4.78 is 5.46. The largest absolute Gasteiger partial charge is 0.492 e. The molecule has 1 amide bonds. The van der Waals surface area contributed by atoms with E-state index in [2.05, 4.69) is 5.32 Å². The zero-order chi connectivity index (χ0) is 13.7. The summed E-state index contributed by atoms with van der Waals surface area (Å²) in [5.74, 6) is 0.508. The average Bonchev–Trinajstić information content (AvgIpc) is 2.78. The number of carbonyl (C=O) groups excluding carboxylic acids is 1. The molecule has 0 atom stereocenters. The van der Waals surface area contributed by atoms with Crippen molar-refractivity contribution in [3.8, 4) is 5.75 Å². The zero-order valence-electron chi connectivity index (χ0n) is 11.3. The third-order valence-corrected chi connectivity index (χ3v) is 3.48. The molecule has 1 aliphatic carbocycles. The van der Waals surface area contributed by atoms with E-state index in [4.69, 9.17) is 4.74 Å². The molecule has 19 heavy (non-hydrogen) atoms. The fraction of sp³-hybridized carbons (Fsp3) is 0.533. The lowest BCUT2D eigenvalue weighted by atomic mass is 9.97. The van der Waals surface area contributed by atoms with Crippen LogP contribution in [0.5, 0.6) is 5.75 Å². The van der Waals surface area contributed by atoms with Gasteiger partial charge in [-0.1, -0.05) is 25.0 Å². The number of nitrogens with one attached hydrogen (secondary N) is 1. The first-order chi connectivity index (χ1) is 9.13. The Bertz CT molecular complexity index is 439. The van der Waals surface area contributed by atoms with Crippen molar-refractivity contribution in [1.29, 1.82) is 0 Å². The van der Waals surface area contributed by atoms with Gasteiger partial charge in [0.05, 0.1) is 24.3 Å². The maximum atomic E-state index is 12.0. The van der Waals surface area contributed by atoms with Crippen LogP contribution in [0.15, 0.2) is 24.3 Å². The lowest BCUT2D eigenvalue weighted by Gasteiger charge is -2.21. The van der Waals surface area contributed by atoms with E-state index in [0.29, 0.717) is 30.9 Å². The molecule has 0 radical (unpaired) electrons. The number of benzene rings is 1. The smallest absolute Gasteiger partial charge is 0.227 e. The summed E-state index contributed by atoms with van der Waals surface area (Å²) in [6, 6.07) is 7.35. The van der Waals surface area contributed by atoms with Gasteiger partial charge in [0.2, 0.25) is 5.91 Å². The number of para-hydroxylation sites is 2. The quantitative estimate of drug-likeness (QED) is 0.858. The Kier molecular flexibility index (Phi) is 4.43. The maximum absolute atomic E-state index is 12.0. The highest BCUT2D eigenvalue weighted by atomic mass is 16.5. The topological polar surface area (TPSA) is 58.6 Å². The molecule has 0 aromatic heterocycles. The first kappa shape index (κ1) is 13.9.